The predicted octanol–water partition coefficient (Wildman–Crippen LogP) is 2.37. The van der Waals surface area contributed by atoms with Gasteiger partial charge < -0.3 is 10.2 Å². The summed E-state index contributed by atoms with van der Waals surface area (Å²) in [5.41, 5.74) is 0. The van der Waals surface area contributed by atoms with Crippen molar-refractivity contribution in [1.82, 2.24) is 0 Å². The predicted molar refractivity (Wildman–Crippen MR) is 58.6 cm³/mol. The molecule has 0 amide bonds. The average molecular weight is 548 g/mol. The minimum Gasteiger partial charge on any atom is -0.480 e. The summed E-state index contributed by atoms with van der Waals surface area (Å²) < 4.78 is -1.21. The van der Waals surface area contributed by atoms with Crippen molar-refractivity contribution in [2.75, 3.05) is 0 Å². The number of hydrogen-bond acceptors (Lipinski definition) is 2. The number of aliphatic carboxylic acids is 2. The molecule has 0 atom stereocenters. The molecule has 0 bridgehead atoms. The molecule has 4 nitrogen and oxygen atoms in total. The molecule has 0 aromatic rings. The second-order valence-electron chi connectivity index (χ2n) is 1.28. The van der Waals surface area contributed by atoms with Crippen LogP contribution in [-0.4, -0.2) is 29.6 Å². The SMILES string of the molecule is O=C(O)C(Br)Br.O=C(O)C(Br)Br.[Cd]. The number of carbonyl (C=O) groups is 2. The van der Waals surface area contributed by atoms with Crippen molar-refractivity contribution in [3.05, 3.63) is 0 Å². The van der Waals surface area contributed by atoms with Crippen LogP contribution in [0.3, 0.4) is 0 Å². The van der Waals surface area contributed by atoms with Crippen LogP contribution in [0.15, 0.2) is 0 Å². The fourth-order valence-corrected chi connectivity index (χ4v) is 0. The van der Waals surface area contributed by atoms with E-state index in [4.69, 9.17) is 10.2 Å². The maximum atomic E-state index is 9.61. The van der Waals surface area contributed by atoms with E-state index in [0.717, 1.165) is 0 Å². The molecule has 0 unspecified atom stereocenters. The molecule has 2 N–H and O–H groups in total. The Morgan fingerprint density at radius 1 is 0.846 bits per heavy atom. The first-order valence-electron chi connectivity index (χ1n) is 2.31. The summed E-state index contributed by atoms with van der Waals surface area (Å²) in [7, 11) is 0. The monoisotopic (exact) mass is 546 g/mol. The molecule has 9 heteroatoms. The normalized spacial score (nSPS) is 8.46. The van der Waals surface area contributed by atoms with Crippen LogP contribution in [0.1, 0.15) is 0 Å². The van der Waals surface area contributed by atoms with Crippen molar-refractivity contribution >= 4 is 75.7 Å². The zero-order chi connectivity index (χ0) is 10.3. The van der Waals surface area contributed by atoms with Crippen LogP contribution in [0.2, 0.25) is 0 Å². The number of hydrogen-bond donors (Lipinski definition) is 2. The fraction of sp³-hybridized carbons (Fsp3) is 0.500. The van der Waals surface area contributed by atoms with Gasteiger partial charge in [0.15, 0.2) is 7.47 Å². The zero-order valence-electron chi connectivity index (χ0n) is 6.08. The van der Waals surface area contributed by atoms with E-state index in [9.17, 15) is 9.59 Å². The molecule has 0 radical (unpaired) electrons. The zero-order valence-corrected chi connectivity index (χ0v) is 16.5. The van der Waals surface area contributed by atoms with Gasteiger partial charge in [-0.25, -0.2) is 0 Å². The maximum Gasteiger partial charge on any atom is 0.328 e. The van der Waals surface area contributed by atoms with Crippen molar-refractivity contribution in [3.8, 4) is 0 Å². The first-order valence-corrected chi connectivity index (χ1v) is 5.97. The molecule has 0 aliphatic carbocycles. The number of rotatable bonds is 2. The van der Waals surface area contributed by atoms with Crippen LogP contribution < -0.4 is 0 Å². The van der Waals surface area contributed by atoms with Crippen LogP contribution in [0.5, 0.6) is 0 Å². The van der Waals surface area contributed by atoms with Crippen LogP contribution in [0, 0.1) is 0 Å². The Kier molecular flexibility index (Phi) is 18.4. The van der Waals surface area contributed by atoms with Crippen molar-refractivity contribution in [2.24, 2.45) is 0 Å². The number of carboxylic acid groups (broad SMARTS) is 2. The van der Waals surface area contributed by atoms with Crippen molar-refractivity contribution in [3.63, 3.8) is 0 Å². The van der Waals surface area contributed by atoms with Gasteiger partial charge in [0.1, 0.15) is 0 Å². The van der Waals surface area contributed by atoms with E-state index in [2.05, 4.69) is 63.7 Å². The van der Waals surface area contributed by atoms with E-state index in [-0.39, 0.29) is 27.3 Å². The molecule has 0 aliphatic heterocycles. The molecule has 0 spiro atoms. The van der Waals surface area contributed by atoms with E-state index in [1.165, 1.54) is 0 Å². The average Bonchev–Trinajstić information content (AvgIpc) is 1.88. The topological polar surface area (TPSA) is 74.6 Å². The molecule has 0 rings (SSSR count). The van der Waals surface area contributed by atoms with Gasteiger partial charge in [-0.1, -0.05) is 63.7 Å². The van der Waals surface area contributed by atoms with Gasteiger partial charge in [0, 0.05) is 27.3 Å². The van der Waals surface area contributed by atoms with Gasteiger partial charge in [0.05, 0.1) is 0 Å². The van der Waals surface area contributed by atoms with E-state index in [0.29, 0.717) is 0 Å². The minimum absolute atomic E-state index is 0. The Morgan fingerprint density at radius 2 is 0.923 bits per heavy atom. The summed E-state index contributed by atoms with van der Waals surface area (Å²) in [4.78, 5) is 19.2. The Balaban J connectivity index is -0.000000143. The van der Waals surface area contributed by atoms with Crippen molar-refractivity contribution in [1.29, 1.82) is 0 Å². The molecular formula is C4H4Br4CdO4. The Morgan fingerprint density at radius 3 is 0.923 bits per heavy atom. The Labute approximate surface area is 129 Å². The number of halogens is 4. The van der Waals surface area contributed by atoms with Crippen LogP contribution in [-0.2, 0) is 36.9 Å². The third-order valence-electron chi connectivity index (χ3n) is 0.373. The maximum absolute atomic E-state index is 9.61. The third-order valence-corrected chi connectivity index (χ3v) is 1.94. The Bertz CT molecular complexity index is 144. The molecule has 0 saturated heterocycles. The van der Waals surface area contributed by atoms with Crippen LogP contribution in [0.4, 0.5) is 0 Å². The molecule has 13 heavy (non-hydrogen) atoms. The second-order valence-corrected chi connectivity index (χ2v) is 7.40. The summed E-state index contributed by atoms with van der Waals surface area (Å²) in [6, 6.07) is 0. The summed E-state index contributed by atoms with van der Waals surface area (Å²) in [6.45, 7) is 0. The van der Waals surface area contributed by atoms with Gasteiger partial charge in [-0.3, -0.25) is 9.59 Å². The second kappa shape index (κ2) is 11.9. The number of alkyl halides is 4. The van der Waals surface area contributed by atoms with Gasteiger partial charge in [-0.2, -0.15) is 0 Å². The van der Waals surface area contributed by atoms with Gasteiger partial charge in [-0.05, 0) is 0 Å². The van der Waals surface area contributed by atoms with Crippen molar-refractivity contribution in [2.45, 2.75) is 7.47 Å². The molecule has 74 valence electrons. The smallest absolute Gasteiger partial charge is 0.328 e. The van der Waals surface area contributed by atoms with Gasteiger partial charge in [0.2, 0.25) is 0 Å². The van der Waals surface area contributed by atoms with E-state index in [1.807, 2.05) is 0 Å². The summed E-state index contributed by atoms with van der Waals surface area (Å²) in [5, 5.41) is 15.8. The largest absolute Gasteiger partial charge is 0.480 e. The van der Waals surface area contributed by atoms with E-state index in [1.54, 1.807) is 0 Å². The Hall–Kier alpha value is 1.78. The summed E-state index contributed by atoms with van der Waals surface area (Å²) in [6.07, 6.45) is 0. The molecule has 0 fully saturated rings. The summed E-state index contributed by atoms with van der Waals surface area (Å²) >= 11 is 11.0. The minimum atomic E-state index is -0.907. The third kappa shape index (κ3) is 20.0. The fourth-order valence-electron chi connectivity index (χ4n) is 0. The van der Waals surface area contributed by atoms with Gasteiger partial charge >= 0.3 is 11.9 Å². The van der Waals surface area contributed by atoms with E-state index < -0.39 is 19.4 Å². The van der Waals surface area contributed by atoms with Gasteiger partial charge in [-0.15, -0.1) is 0 Å². The molecule has 0 aromatic heterocycles. The quantitative estimate of drug-likeness (QED) is 0.411. The molecule has 0 heterocycles. The van der Waals surface area contributed by atoms with Crippen LogP contribution in [0.25, 0.3) is 0 Å². The van der Waals surface area contributed by atoms with Crippen LogP contribution >= 0.6 is 63.7 Å². The number of carboxylic acids is 2. The summed E-state index contributed by atoms with van der Waals surface area (Å²) in [5.74, 6) is -1.81. The molecule has 0 aromatic carbocycles. The molecule has 0 saturated carbocycles. The standard InChI is InChI=1S/2C2H2Br2O2.Cd/c2*3-1(4)2(5)6;/h2*1H,(H,5,6);. The van der Waals surface area contributed by atoms with Gasteiger partial charge in [0.25, 0.3) is 0 Å². The first-order chi connectivity index (χ1) is 5.29. The molecule has 0 aliphatic rings. The molecular weight excluding hydrogens is 544 g/mol. The first kappa shape index (κ1) is 20.2. The van der Waals surface area contributed by atoms with E-state index >= 15 is 0 Å². The van der Waals surface area contributed by atoms with Crippen molar-refractivity contribution < 1.29 is 47.1 Å².